The average molecular weight is 1770 g/mol. The lowest BCUT2D eigenvalue weighted by molar-refractivity contribution is -0.230. The molecule has 0 amide bonds. The maximum atomic E-state index is 15.1. The zero-order chi connectivity index (χ0) is 80.7. The fourth-order valence-corrected chi connectivity index (χ4v) is 21.8. The minimum absolute atomic E-state index is 0.0132. The van der Waals surface area contributed by atoms with Crippen LogP contribution in [-0.4, -0.2) is 195 Å². The first kappa shape index (κ1) is 82.5. The van der Waals surface area contributed by atoms with E-state index < -0.39 is 228 Å². The molecule has 614 valence electrons. The molecule has 7 aliphatic rings. The van der Waals surface area contributed by atoms with Crippen LogP contribution in [-0.2, 0) is 138 Å². The van der Waals surface area contributed by atoms with Gasteiger partial charge in [0.15, 0.2) is 46.8 Å². The van der Waals surface area contributed by atoms with Gasteiger partial charge in [-0.05, 0) is 33.1 Å². The van der Waals surface area contributed by atoms with Crippen molar-refractivity contribution in [1.29, 1.82) is 0 Å². The molecule has 6 saturated heterocycles. The predicted octanol–water partition coefficient (Wildman–Crippen LogP) is -2.98. The molecular weight excluding hydrogens is 1700 g/mol. The van der Waals surface area contributed by atoms with Crippen LogP contribution < -0.4 is 70.4 Å². The number of aliphatic hydroxyl groups excluding tert-OH is 1. The smallest absolute Gasteiger partial charge is 0.330 e. The summed E-state index contributed by atoms with van der Waals surface area (Å²) in [6.07, 6.45) is -13.3. The number of hydrogen-bond donors (Lipinski definition) is 8. The molecule has 14 heterocycles. The van der Waals surface area contributed by atoms with Gasteiger partial charge in [-0.3, -0.25) is 66.5 Å². The predicted molar refractivity (Wildman–Crippen MR) is 394 cm³/mol. The SMILES string of the molecule is COP([O-])(=S)OC1C[C@H](n2cnc3c(=O)[nH]c(N)nc32)O[C@@H]1COP([O-])(=S)OC1C[C@H](n2cc(C)c(=O)[nH]c2=O)O[C@@H]1COP([O-])(=S)OC1C[C@H](n2cc(C)c(=O)[nH]c2=O)O[C@@H]1COP(=O)([S-])OC1[C@@H]2C[C@@H](C)[C@]1(COP([O-])(=S)OC1[C@@H]3O[C@@H](C)[C@]1(CO)O[C@H]3n1cnc3c(N)ncnc31)O[C@H]2n1cnc2c(=O)[nH]c(N)nc21. The molecule has 8 aromatic heterocycles. The van der Waals surface area contributed by atoms with E-state index in [1.807, 2.05) is 0 Å². The molecule has 0 radical (unpaired) electrons. The fraction of sp³-hybridized carbons (Fsp3) is 0.589. The number of anilines is 3. The second-order valence-corrected chi connectivity index (χ2v) is 41.0. The van der Waals surface area contributed by atoms with Crippen LogP contribution in [0.4, 0.5) is 17.7 Å². The maximum absolute atomic E-state index is 15.1. The number of nitrogens with zero attached hydrogens (tertiary/aromatic N) is 12. The third-order valence-corrected chi connectivity index (χ3v) is 28.3. The molecule has 8 aromatic rings. The summed E-state index contributed by atoms with van der Waals surface area (Å²) < 4.78 is 118. The quantitative estimate of drug-likeness (QED) is 0.0171. The zero-order valence-corrected chi connectivity index (χ0v) is 67.5. The molecule has 0 spiro atoms. The summed E-state index contributed by atoms with van der Waals surface area (Å²) in [6, 6.07) is 0. The van der Waals surface area contributed by atoms with Gasteiger partial charge in [-0.15, -0.1) is 0 Å². The molecule has 6 aliphatic heterocycles. The fourth-order valence-electron chi connectivity index (χ4n) is 15.0. The van der Waals surface area contributed by atoms with Gasteiger partial charge < -0.3 is 128 Å². The Hall–Kier alpha value is -5.65. The molecule has 4 bridgehead atoms. The number of aromatic nitrogens is 16. The lowest BCUT2D eigenvalue weighted by Crippen LogP contribution is -2.50. The van der Waals surface area contributed by atoms with Crippen molar-refractivity contribution in [3.63, 3.8) is 0 Å². The first-order valence-corrected chi connectivity index (χ1v) is 46.8. The van der Waals surface area contributed by atoms with Gasteiger partial charge >= 0.3 is 11.4 Å². The van der Waals surface area contributed by atoms with Crippen molar-refractivity contribution in [3.8, 4) is 0 Å². The molecular formula is C56H67N19O28P5S5-5. The van der Waals surface area contributed by atoms with Crippen LogP contribution in [0, 0.1) is 25.7 Å². The highest BCUT2D eigenvalue weighted by atomic mass is 32.7. The number of imidazole rings is 3. The molecule has 57 heteroatoms. The van der Waals surface area contributed by atoms with Gasteiger partial charge in [0.1, 0.15) is 111 Å². The summed E-state index contributed by atoms with van der Waals surface area (Å²) in [4.78, 5) is 173. The Labute approximate surface area is 658 Å². The molecule has 24 atom stereocenters. The van der Waals surface area contributed by atoms with Crippen LogP contribution >= 0.6 is 33.7 Å². The molecule has 1 saturated carbocycles. The Morgan fingerprint density at radius 2 is 1.04 bits per heavy atom. The van der Waals surface area contributed by atoms with E-state index in [1.165, 1.54) is 59.1 Å². The van der Waals surface area contributed by atoms with Crippen LogP contribution in [0.3, 0.4) is 0 Å². The molecule has 15 rings (SSSR count). The summed E-state index contributed by atoms with van der Waals surface area (Å²) in [5, 5.41) is 11.0. The monoisotopic (exact) mass is 1770 g/mol. The van der Waals surface area contributed by atoms with E-state index in [-0.39, 0.29) is 75.2 Å². The van der Waals surface area contributed by atoms with Gasteiger partial charge in [0.25, 0.3) is 22.2 Å². The first-order chi connectivity index (χ1) is 53.3. The van der Waals surface area contributed by atoms with E-state index in [9.17, 15) is 53.4 Å². The van der Waals surface area contributed by atoms with Crippen LogP contribution in [0.25, 0.3) is 33.5 Å². The lowest BCUT2D eigenvalue weighted by atomic mass is 9.92. The molecule has 1 aliphatic carbocycles. The number of nitrogen functional groups attached to an aromatic ring is 3. The zero-order valence-electron chi connectivity index (χ0n) is 59.0. The second kappa shape index (κ2) is 30.9. The molecule has 10 unspecified atom stereocenters. The number of hydrogen-bond acceptors (Lipinski definition) is 43. The Morgan fingerprint density at radius 1 is 0.566 bits per heavy atom. The number of aliphatic hydroxyl groups is 1. The van der Waals surface area contributed by atoms with Crippen molar-refractivity contribution >= 4 is 144 Å². The minimum Gasteiger partial charge on any atom is -0.780 e. The van der Waals surface area contributed by atoms with Gasteiger partial charge in [0.05, 0.1) is 76.4 Å². The van der Waals surface area contributed by atoms with Crippen LogP contribution in [0.5, 0.6) is 0 Å². The van der Waals surface area contributed by atoms with Crippen molar-refractivity contribution in [2.75, 3.05) is 57.3 Å². The number of aromatic amines is 4. The Morgan fingerprint density at radius 3 is 1.57 bits per heavy atom. The Bertz CT molecular complexity index is 5720. The number of rotatable bonds is 29. The standard InChI is InChI=1S/C56H72N19O28P5S5/c1-21-10-71(53(81)69-45(21)77)32-7-27(100-105(84,110)89-12-29-26(99-104(83,109)88-5)9-34(96-29)73-18-63-36-43(73)65-51(58)67-47(36)79)30(94-32)13-90-106(85,111)101-28-8-33(72-11-22(2)46(78)70-54(72)82)95-31(28)14-91-107(86,112)102-39-25-6-23(3)56(39,97-49(25)75-20-64-37-44(75)66-52(59)68-48(37)80)16-92-108(87,113)103-40-38-50(98-55(40,15-76)24(4)93-38)74-19-62-35-41(57)60-17-61-42(35)74/h10-11,17-20,23-34,38-40,49-50,76H,6-9,12-16H2,1-5H3,(H,83,109)(H,84,110)(H,85,111)(H,86,112)(H,87,113)(H2,57,60,61)(H,69,77,81)(H,70,78,82)(H3,58,65,67,79)(H3,59,66,68,80)/p-5/t23-,24+,25+,26?,27?,28?,29-,30-,31-,32-,33-,34-,38+,39?,40?,49-,50-,55+,56+,104?,105?,106?,107?,108?/m1/s1. The Balaban J connectivity index is 0.667. The van der Waals surface area contributed by atoms with E-state index in [0.29, 0.717) is 0 Å². The van der Waals surface area contributed by atoms with E-state index >= 15 is 4.57 Å². The second-order valence-electron chi connectivity index (χ2n) is 27.4. The number of nitrogens with one attached hydrogen (secondary N) is 4. The minimum atomic E-state index is -4.99. The van der Waals surface area contributed by atoms with Gasteiger partial charge in [-0.2, -0.15) is 9.97 Å². The largest absolute Gasteiger partial charge is 0.780 e. The van der Waals surface area contributed by atoms with Crippen molar-refractivity contribution in [1.82, 2.24) is 77.7 Å². The van der Waals surface area contributed by atoms with Crippen LogP contribution in [0.1, 0.15) is 81.8 Å². The molecule has 0 aromatic carbocycles. The number of ether oxygens (including phenoxy) is 6. The number of nitrogens with two attached hydrogens (primary N) is 3. The van der Waals surface area contributed by atoms with Crippen molar-refractivity contribution in [3.05, 3.63) is 111 Å². The summed E-state index contributed by atoms with van der Waals surface area (Å²) in [5.74, 6) is -2.10. The highest BCUT2D eigenvalue weighted by Crippen LogP contribution is 2.65. The summed E-state index contributed by atoms with van der Waals surface area (Å²) in [7, 11) is 1.04. The van der Waals surface area contributed by atoms with Gasteiger partial charge in [-0.25, -0.2) is 34.5 Å². The summed E-state index contributed by atoms with van der Waals surface area (Å²) in [6.45, 7) is -21.7. The number of aryl methyl sites for hydroxylation is 2. The van der Waals surface area contributed by atoms with Crippen molar-refractivity contribution in [2.45, 2.75) is 157 Å². The van der Waals surface area contributed by atoms with Crippen molar-refractivity contribution < 1.29 is 103 Å². The highest BCUT2D eigenvalue weighted by molar-refractivity contribution is 8.32. The Kier molecular flexibility index (Phi) is 22.6. The summed E-state index contributed by atoms with van der Waals surface area (Å²) in [5.41, 5.74) is 9.76. The van der Waals surface area contributed by atoms with E-state index in [0.717, 1.165) is 22.4 Å². The van der Waals surface area contributed by atoms with Gasteiger partial charge in [0, 0.05) is 55.8 Å². The molecule has 11 N–H and O–H groups in total. The topological polar surface area (TPSA) is 636 Å². The third kappa shape index (κ3) is 16.0. The van der Waals surface area contributed by atoms with Crippen LogP contribution in [0.15, 0.2) is 66.5 Å². The molecule has 7 fully saturated rings. The highest BCUT2D eigenvalue weighted by Gasteiger charge is 2.69. The third-order valence-electron chi connectivity index (χ3n) is 20.5. The number of fused-ring (bicyclic) bond motifs is 7. The van der Waals surface area contributed by atoms with E-state index in [4.69, 9.17) is 150 Å². The van der Waals surface area contributed by atoms with Crippen LogP contribution in [0.2, 0.25) is 0 Å². The maximum Gasteiger partial charge on any atom is 0.330 e. The van der Waals surface area contributed by atoms with E-state index in [2.05, 4.69) is 54.8 Å². The summed E-state index contributed by atoms with van der Waals surface area (Å²) >= 11 is 27.2. The average Bonchev–Trinajstić information content (AvgIpc) is 1.55. The van der Waals surface area contributed by atoms with Gasteiger partial charge in [0.2, 0.25) is 11.9 Å². The molecule has 113 heavy (non-hydrogen) atoms. The van der Waals surface area contributed by atoms with Crippen molar-refractivity contribution in [2.24, 2.45) is 11.8 Å². The normalized spacial score (nSPS) is 32.9. The van der Waals surface area contributed by atoms with Gasteiger partial charge in [-0.1, -0.05) is 54.2 Å². The molecule has 47 nitrogen and oxygen atoms in total. The van der Waals surface area contributed by atoms with E-state index in [1.54, 1.807) is 13.8 Å². The first-order valence-electron chi connectivity index (χ1n) is 34.0. The lowest BCUT2D eigenvalue weighted by Gasteiger charge is -2.42. The number of H-pyrrole nitrogens is 4.